The number of hydrogen-bond acceptors (Lipinski definition) is 4. The van der Waals surface area contributed by atoms with Gasteiger partial charge in [-0.1, -0.05) is 91.6 Å². The first-order valence-electron chi connectivity index (χ1n) is 15.6. The zero-order valence-electron chi connectivity index (χ0n) is 25.7. The second-order valence-electron chi connectivity index (χ2n) is 12.9. The van der Waals surface area contributed by atoms with Crippen LogP contribution in [0.4, 0.5) is 0 Å². The van der Waals surface area contributed by atoms with E-state index in [1.165, 1.54) is 49.4 Å². The Hall–Kier alpha value is -3.88. The molecule has 3 aromatic heterocycles. The van der Waals surface area contributed by atoms with E-state index in [0.29, 0.717) is 5.56 Å². The van der Waals surface area contributed by atoms with E-state index in [2.05, 4.69) is 55.4 Å². The first-order chi connectivity index (χ1) is 21.5. The molecule has 0 aliphatic carbocycles. The Kier molecular flexibility index (Phi) is 8.88. The van der Waals surface area contributed by atoms with Crippen LogP contribution < -0.4 is 5.19 Å². The molecule has 4 nitrogen and oxygen atoms in total. The van der Waals surface area contributed by atoms with Crippen LogP contribution in [-0.2, 0) is 25.5 Å². The summed E-state index contributed by atoms with van der Waals surface area (Å²) in [5, 5.41) is 13.0. The fourth-order valence-corrected chi connectivity index (χ4v) is 13.1. The quantitative estimate of drug-likeness (QED) is 0.130. The number of hydrogen-bond donors (Lipinski definition) is 0. The van der Waals surface area contributed by atoms with Gasteiger partial charge in [-0.05, 0) is 47.0 Å². The first-order valence-corrected chi connectivity index (χ1v) is 18.3. The van der Waals surface area contributed by atoms with Crippen LogP contribution in [0, 0.1) is 23.5 Å². The minimum atomic E-state index is -1.48. The summed E-state index contributed by atoms with van der Waals surface area (Å²) >= 11 is 0. The Bertz CT molecular complexity index is 1950. The van der Waals surface area contributed by atoms with Gasteiger partial charge in [0.2, 0.25) is 0 Å². The number of nitrogens with zero attached hydrogens (tertiary/aromatic N) is 3. The number of rotatable bonds is 2. The van der Waals surface area contributed by atoms with Crippen molar-refractivity contribution in [1.82, 2.24) is 9.97 Å². The fraction of sp³-hybridized carbons (Fsp3) is 0.256. The molecule has 2 aliphatic heterocycles. The standard InChI is InChI=1S/C28H27N2OSi.C11H8N.Ir/c1-28(2)11-14-32(12-4-3-5-13-32)26-16-24(30-18-23(26)28)22-8-6-7-21-20-10-9-19(17-29)15-25(20)31-27(21)22;1-2-6-10(7-3-1)11-8-4-5-9-12-11;/h6-7,9-10,15-16,18H,3-5,11-14H2,1-2H3;1-6,8-9H;/q2*-1;. The van der Waals surface area contributed by atoms with Crippen LogP contribution in [0.5, 0.6) is 0 Å². The second kappa shape index (κ2) is 12.8. The molecular weight excluding hydrogens is 747 g/mol. The molecule has 1 spiro atoms. The number of fused-ring (bicyclic) bond motifs is 5. The first kappa shape index (κ1) is 31.1. The van der Waals surface area contributed by atoms with Gasteiger partial charge in [-0.3, -0.25) is 0 Å². The molecule has 5 heterocycles. The van der Waals surface area contributed by atoms with Crippen molar-refractivity contribution in [3.8, 4) is 28.6 Å². The van der Waals surface area contributed by atoms with Crippen molar-refractivity contribution >= 4 is 35.2 Å². The smallest absolute Gasteiger partial charge is 0.122 e. The van der Waals surface area contributed by atoms with E-state index >= 15 is 0 Å². The average Bonchev–Trinajstić information content (AvgIpc) is 3.46. The summed E-state index contributed by atoms with van der Waals surface area (Å²) in [5.74, 6) is 0. The summed E-state index contributed by atoms with van der Waals surface area (Å²) in [7, 11) is -1.48. The van der Waals surface area contributed by atoms with E-state index in [1.54, 1.807) is 11.4 Å². The van der Waals surface area contributed by atoms with Crippen molar-refractivity contribution < 1.29 is 24.5 Å². The molecule has 8 rings (SSSR count). The normalized spacial score (nSPS) is 16.2. The van der Waals surface area contributed by atoms with E-state index in [0.717, 1.165) is 44.5 Å². The maximum absolute atomic E-state index is 9.28. The van der Waals surface area contributed by atoms with Crippen molar-refractivity contribution in [2.24, 2.45) is 0 Å². The van der Waals surface area contributed by atoms with Gasteiger partial charge in [-0.15, -0.1) is 54.1 Å². The third kappa shape index (κ3) is 5.93. The molecule has 6 heteroatoms. The van der Waals surface area contributed by atoms with Gasteiger partial charge < -0.3 is 14.4 Å². The molecule has 6 aromatic rings. The molecule has 2 aliphatic rings. The predicted octanol–water partition coefficient (Wildman–Crippen LogP) is 9.39. The van der Waals surface area contributed by atoms with Crippen LogP contribution in [0.25, 0.3) is 44.5 Å². The molecule has 227 valence electrons. The minimum absolute atomic E-state index is 0. The zero-order valence-corrected chi connectivity index (χ0v) is 29.1. The molecule has 0 saturated carbocycles. The molecule has 0 bridgehead atoms. The summed E-state index contributed by atoms with van der Waals surface area (Å²) < 4.78 is 6.29. The molecule has 1 saturated heterocycles. The van der Waals surface area contributed by atoms with Gasteiger partial charge in [0.05, 0.1) is 25.3 Å². The maximum Gasteiger partial charge on any atom is 0.122 e. The molecular formula is C39H35IrN3OSi-2. The van der Waals surface area contributed by atoms with Gasteiger partial charge in [-0.2, -0.15) is 5.26 Å². The van der Waals surface area contributed by atoms with Crippen LogP contribution in [-0.4, -0.2) is 18.0 Å². The van der Waals surface area contributed by atoms with Crippen molar-refractivity contribution in [3.05, 3.63) is 115 Å². The summed E-state index contributed by atoms with van der Waals surface area (Å²) in [6.45, 7) is 4.77. The fourth-order valence-electron chi connectivity index (χ4n) is 7.22. The van der Waals surface area contributed by atoms with E-state index < -0.39 is 8.07 Å². The topological polar surface area (TPSA) is 62.7 Å². The monoisotopic (exact) mass is 782 g/mol. The van der Waals surface area contributed by atoms with E-state index in [9.17, 15) is 5.26 Å². The number of aromatic nitrogens is 2. The average molecular weight is 782 g/mol. The Morgan fingerprint density at radius 3 is 2.44 bits per heavy atom. The summed E-state index contributed by atoms with van der Waals surface area (Å²) in [4.78, 5) is 9.19. The molecule has 1 fully saturated rings. The van der Waals surface area contributed by atoms with Gasteiger partial charge in [0, 0.05) is 37.9 Å². The number of nitriles is 1. The zero-order chi connectivity index (χ0) is 30.1. The summed E-state index contributed by atoms with van der Waals surface area (Å²) in [6.07, 6.45) is 9.40. The Labute approximate surface area is 279 Å². The van der Waals surface area contributed by atoms with Crippen molar-refractivity contribution in [1.29, 1.82) is 5.26 Å². The number of benzene rings is 3. The summed E-state index contributed by atoms with van der Waals surface area (Å²) in [6, 6.07) is 38.8. The predicted molar refractivity (Wildman–Crippen MR) is 180 cm³/mol. The van der Waals surface area contributed by atoms with E-state index in [1.807, 2.05) is 66.7 Å². The number of furan rings is 1. The van der Waals surface area contributed by atoms with Crippen molar-refractivity contribution in [2.75, 3.05) is 0 Å². The molecule has 3 aromatic carbocycles. The van der Waals surface area contributed by atoms with E-state index in [-0.39, 0.29) is 25.5 Å². The molecule has 0 unspecified atom stereocenters. The largest absolute Gasteiger partial charge is 0.501 e. The van der Waals surface area contributed by atoms with Crippen LogP contribution in [0.1, 0.15) is 50.7 Å². The minimum Gasteiger partial charge on any atom is -0.501 e. The maximum atomic E-state index is 9.28. The van der Waals surface area contributed by atoms with Gasteiger partial charge in [-0.25, -0.2) is 0 Å². The third-order valence-corrected chi connectivity index (χ3v) is 15.1. The molecule has 45 heavy (non-hydrogen) atoms. The SMILES string of the molecule is CC1(C)CC[Si]2(CCCCC2)c2cc(-c3[c-]ccc4c3oc3cc(C#N)ccc34)ncc21.[Ir].[c-]1ccccc1-c1ccccn1. The van der Waals surface area contributed by atoms with Gasteiger partial charge in [0.1, 0.15) is 5.58 Å². The van der Waals surface area contributed by atoms with Gasteiger partial charge in [0.15, 0.2) is 0 Å². The number of pyridine rings is 2. The molecule has 0 atom stereocenters. The van der Waals surface area contributed by atoms with Crippen LogP contribution in [0.2, 0.25) is 18.1 Å². The van der Waals surface area contributed by atoms with Gasteiger partial charge in [0.25, 0.3) is 0 Å². The van der Waals surface area contributed by atoms with Crippen LogP contribution >= 0.6 is 0 Å². The van der Waals surface area contributed by atoms with E-state index in [4.69, 9.17) is 9.40 Å². The molecule has 1 radical (unpaired) electrons. The third-order valence-electron chi connectivity index (χ3n) is 9.71. The molecule has 0 amide bonds. The van der Waals surface area contributed by atoms with Crippen LogP contribution in [0.15, 0.2) is 95.7 Å². The van der Waals surface area contributed by atoms with Gasteiger partial charge >= 0.3 is 0 Å². The van der Waals surface area contributed by atoms with Crippen LogP contribution in [0.3, 0.4) is 0 Å². The van der Waals surface area contributed by atoms with Crippen molar-refractivity contribution in [3.63, 3.8) is 0 Å². The summed E-state index contributed by atoms with van der Waals surface area (Å²) in [5.41, 5.74) is 7.78. The Morgan fingerprint density at radius 1 is 0.844 bits per heavy atom. The second-order valence-corrected chi connectivity index (χ2v) is 17.5. The Morgan fingerprint density at radius 2 is 1.69 bits per heavy atom. The Balaban J connectivity index is 0.000000231. The molecule has 0 N–H and O–H groups in total. The van der Waals surface area contributed by atoms with Crippen molar-refractivity contribution in [2.45, 2.75) is 63.1 Å².